The molecule has 0 aliphatic carbocycles. The molecule has 0 atom stereocenters. The van der Waals surface area contributed by atoms with Crippen molar-refractivity contribution in [3.8, 4) is 11.5 Å². The van der Waals surface area contributed by atoms with Gasteiger partial charge in [0.15, 0.2) is 11.5 Å². The second-order valence-corrected chi connectivity index (χ2v) is 6.58. The third-order valence-corrected chi connectivity index (χ3v) is 2.01. The topological polar surface area (TPSA) is 71.1 Å². The van der Waals surface area contributed by atoms with Gasteiger partial charge in [0.25, 0.3) is 0 Å². The molecular formula is C16H22O6. The zero-order valence-electron chi connectivity index (χ0n) is 13.8. The third-order valence-electron chi connectivity index (χ3n) is 2.01. The Bertz CT molecular complexity index is 487. The van der Waals surface area contributed by atoms with Crippen LogP contribution in [0.3, 0.4) is 0 Å². The number of carbonyl (C=O) groups is 2. The van der Waals surface area contributed by atoms with E-state index in [4.69, 9.17) is 18.9 Å². The van der Waals surface area contributed by atoms with Crippen LogP contribution in [-0.4, -0.2) is 23.5 Å². The van der Waals surface area contributed by atoms with Crippen LogP contribution in [0, 0.1) is 0 Å². The van der Waals surface area contributed by atoms with Gasteiger partial charge in [-0.1, -0.05) is 12.1 Å². The van der Waals surface area contributed by atoms with Crippen molar-refractivity contribution in [1.82, 2.24) is 0 Å². The minimum atomic E-state index is -0.882. The summed E-state index contributed by atoms with van der Waals surface area (Å²) in [5.74, 6) is 0.144. The predicted molar refractivity (Wildman–Crippen MR) is 80.2 cm³/mol. The van der Waals surface area contributed by atoms with Crippen LogP contribution in [0.1, 0.15) is 41.5 Å². The lowest BCUT2D eigenvalue weighted by molar-refractivity contribution is 0.0137. The first-order chi connectivity index (χ1) is 9.96. The standard InChI is InChI=1S/C16H22O6/c1-15(2,3)21-13(17)19-11-9-7-8-10-12(11)20-14(18)22-16(4,5)6/h7-10H,1-6H3. The van der Waals surface area contributed by atoms with E-state index in [2.05, 4.69) is 0 Å². The van der Waals surface area contributed by atoms with Gasteiger partial charge in [-0.15, -0.1) is 0 Å². The zero-order valence-corrected chi connectivity index (χ0v) is 13.8. The summed E-state index contributed by atoms with van der Waals surface area (Å²) in [5.41, 5.74) is -1.36. The Morgan fingerprint density at radius 1 is 0.727 bits per heavy atom. The SMILES string of the molecule is CC(C)(C)OC(=O)Oc1ccccc1OC(=O)OC(C)(C)C. The van der Waals surface area contributed by atoms with Gasteiger partial charge in [0.05, 0.1) is 0 Å². The van der Waals surface area contributed by atoms with Crippen LogP contribution >= 0.6 is 0 Å². The molecule has 1 rings (SSSR count). The summed E-state index contributed by atoms with van der Waals surface area (Å²) >= 11 is 0. The van der Waals surface area contributed by atoms with Crippen LogP contribution in [0.15, 0.2) is 24.3 Å². The molecule has 0 fully saturated rings. The van der Waals surface area contributed by atoms with Crippen molar-refractivity contribution in [3.05, 3.63) is 24.3 Å². The summed E-state index contributed by atoms with van der Waals surface area (Å²) in [6.45, 7) is 10.3. The quantitative estimate of drug-likeness (QED) is 0.598. The molecule has 6 nitrogen and oxygen atoms in total. The first-order valence-corrected chi connectivity index (χ1v) is 6.87. The van der Waals surface area contributed by atoms with Crippen molar-refractivity contribution in [2.75, 3.05) is 0 Å². The first kappa shape index (κ1) is 17.8. The van der Waals surface area contributed by atoms with E-state index in [-0.39, 0.29) is 11.5 Å². The van der Waals surface area contributed by atoms with E-state index in [0.29, 0.717) is 0 Å². The monoisotopic (exact) mass is 310 g/mol. The number of ether oxygens (including phenoxy) is 4. The molecule has 0 aliphatic heterocycles. The van der Waals surface area contributed by atoms with E-state index < -0.39 is 23.5 Å². The summed E-state index contributed by atoms with van der Waals surface area (Å²) in [5, 5.41) is 0. The highest BCUT2D eigenvalue weighted by atomic mass is 16.8. The van der Waals surface area contributed by atoms with E-state index in [1.54, 1.807) is 53.7 Å². The van der Waals surface area contributed by atoms with Gasteiger partial charge in [0.2, 0.25) is 0 Å². The molecular weight excluding hydrogens is 288 g/mol. The maximum atomic E-state index is 11.7. The molecule has 6 heteroatoms. The van der Waals surface area contributed by atoms with E-state index in [1.807, 2.05) is 0 Å². The van der Waals surface area contributed by atoms with Crippen LogP contribution in [0.25, 0.3) is 0 Å². The average molecular weight is 310 g/mol. The van der Waals surface area contributed by atoms with Crippen molar-refractivity contribution in [2.45, 2.75) is 52.7 Å². The number of benzene rings is 1. The molecule has 0 aromatic heterocycles. The van der Waals surface area contributed by atoms with Gasteiger partial charge in [-0.3, -0.25) is 0 Å². The van der Waals surface area contributed by atoms with E-state index in [0.717, 1.165) is 0 Å². The van der Waals surface area contributed by atoms with Gasteiger partial charge in [0.1, 0.15) is 11.2 Å². The highest BCUT2D eigenvalue weighted by Gasteiger charge is 2.22. The number of hydrogen-bond acceptors (Lipinski definition) is 6. The van der Waals surface area contributed by atoms with Crippen LogP contribution in [0.5, 0.6) is 11.5 Å². The molecule has 0 N–H and O–H groups in total. The number of para-hydroxylation sites is 2. The van der Waals surface area contributed by atoms with Gasteiger partial charge in [-0.05, 0) is 53.7 Å². The van der Waals surface area contributed by atoms with Crippen LogP contribution < -0.4 is 9.47 Å². The highest BCUT2D eigenvalue weighted by molar-refractivity contribution is 5.69. The van der Waals surface area contributed by atoms with E-state index >= 15 is 0 Å². The Kier molecular flexibility index (Phi) is 5.41. The summed E-state index contributed by atoms with van der Waals surface area (Å²) in [6, 6.07) is 6.26. The predicted octanol–water partition coefficient (Wildman–Crippen LogP) is 4.31. The fourth-order valence-corrected chi connectivity index (χ4v) is 1.34. The van der Waals surface area contributed by atoms with Gasteiger partial charge in [0, 0.05) is 0 Å². The molecule has 0 heterocycles. The maximum Gasteiger partial charge on any atom is 0.514 e. The number of carbonyl (C=O) groups excluding carboxylic acids is 2. The number of rotatable bonds is 2. The minimum Gasteiger partial charge on any atom is -0.428 e. The largest absolute Gasteiger partial charge is 0.514 e. The molecule has 0 saturated carbocycles. The summed E-state index contributed by atoms with van der Waals surface area (Å²) in [4.78, 5) is 23.4. The maximum absolute atomic E-state index is 11.7. The Hall–Kier alpha value is -2.24. The second kappa shape index (κ2) is 6.68. The molecule has 0 bridgehead atoms. The molecule has 22 heavy (non-hydrogen) atoms. The van der Waals surface area contributed by atoms with Crippen molar-refractivity contribution in [1.29, 1.82) is 0 Å². The molecule has 122 valence electrons. The Morgan fingerprint density at radius 3 is 1.32 bits per heavy atom. The summed E-state index contributed by atoms with van der Waals surface area (Å²) < 4.78 is 20.2. The molecule has 1 aromatic rings. The zero-order chi connectivity index (χ0) is 17.0. The molecule has 0 saturated heterocycles. The van der Waals surface area contributed by atoms with Crippen molar-refractivity contribution in [2.24, 2.45) is 0 Å². The first-order valence-electron chi connectivity index (χ1n) is 6.87. The lowest BCUT2D eigenvalue weighted by Crippen LogP contribution is -2.27. The highest BCUT2D eigenvalue weighted by Crippen LogP contribution is 2.28. The second-order valence-electron chi connectivity index (χ2n) is 6.58. The average Bonchev–Trinajstić information content (AvgIpc) is 2.26. The smallest absolute Gasteiger partial charge is 0.428 e. The van der Waals surface area contributed by atoms with Crippen molar-refractivity contribution in [3.63, 3.8) is 0 Å². The van der Waals surface area contributed by atoms with E-state index in [1.165, 1.54) is 12.1 Å². The van der Waals surface area contributed by atoms with Crippen LogP contribution in [-0.2, 0) is 9.47 Å². The lowest BCUT2D eigenvalue weighted by Gasteiger charge is -2.20. The van der Waals surface area contributed by atoms with Crippen molar-refractivity contribution < 1.29 is 28.5 Å². The normalized spacial score (nSPS) is 11.5. The molecule has 0 unspecified atom stereocenters. The Morgan fingerprint density at radius 2 is 1.05 bits per heavy atom. The Balaban J connectivity index is 2.78. The molecule has 1 aromatic carbocycles. The molecule has 0 amide bonds. The summed E-state index contributed by atoms with van der Waals surface area (Å²) in [7, 11) is 0. The molecule has 0 aliphatic rings. The van der Waals surface area contributed by atoms with Gasteiger partial charge >= 0.3 is 12.3 Å². The fourth-order valence-electron chi connectivity index (χ4n) is 1.34. The van der Waals surface area contributed by atoms with Crippen molar-refractivity contribution >= 4 is 12.3 Å². The lowest BCUT2D eigenvalue weighted by atomic mass is 10.2. The van der Waals surface area contributed by atoms with Gasteiger partial charge < -0.3 is 18.9 Å². The van der Waals surface area contributed by atoms with Gasteiger partial charge in [-0.25, -0.2) is 9.59 Å². The minimum absolute atomic E-state index is 0.0719. The molecule has 0 radical (unpaired) electrons. The Labute approximate surface area is 130 Å². The van der Waals surface area contributed by atoms with Crippen LogP contribution in [0.4, 0.5) is 9.59 Å². The van der Waals surface area contributed by atoms with E-state index in [9.17, 15) is 9.59 Å². The number of hydrogen-bond donors (Lipinski definition) is 0. The summed E-state index contributed by atoms with van der Waals surface area (Å²) in [6.07, 6.45) is -1.76. The third kappa shape index (κ3) is 6.97. The van der Waals surface area contributed by atoms with Crippen LogP contribution in [0.2, 0.25) is 0 Å². The van der Waals surface area contributed by atoms with Gasteiger partial charge in [-0.2, -0.15) is 0 Å². The molecule has 0 spiro atoms. The fraction of sp³-hybridized carbons (Fsp3) is 0.500.